The van der Waals surface area contributed by atoms with Crippen molar-refractivity contribution in [1.29, 1.82) is 0 Å². The van der Waals surface area contributed by atoms with Crippen molar-refractivity contribution in [2.75, 3.05) is 11.1 Å². The minimum absolute atomic E-state index is 0.0230. The number of fused-ring (bicyclic) bond motifs is 2. The second kappa shape index (κ2) is 6.98. The molecule has 0 atom stereocenters. The molecule has 1 heterocycles. The Labute approximate surface area is 165 Å². The zero-order chi connectivity index (χ0) is 18.2. The summed E-state index contributed by atoms with van der Waals surface area (Å²) in [6.45, 7) is 0. The van der Waals surface area contributed by atoms with E-state index in [-0.39, 0.29) is 5.91 Å². The summed E-state index contributed by atoms with van der Waals surface area (Å²) in [6.07, 6.45) is 2.69. The third-order valence-electron chi connectivity index (χ3n) is 4.94. The number of nitrogens with zero attached hydrogens (tertiary/aromatic N) is 1. The second-order valence-electron chi connectivity index (χ2n) is 6.70. The lowest BCUT2D eigenvalue weighted by atomic mass is 10.0. The van der Waals surface area contributed by atoms with Crippen LogP contribution in [0.5, 0.6) is 0 Å². The van der Waals surface area contributed by atoms with E-state index in [2.05, 4.69) is 41.7 Å². The summed E-state index contributed by atoms with van der Waals surface area (Å²) in [5, 5.41) is 6.27. The molecule has 0 unspecified atom stereocenters. The summed E-state index contributed by atoms with van der Waals surface area (Å²) in [5.41, 5.74) is 3.84. The third kappa shape index (κ3) is 3.22. The quantitative estimate of drug-likeness (QED) is 0.447. The van der Waals surface area contributed by atoms with Crippen molar-refractivity contribution in [3.05, 3.63) is 65.7 Å². The first kappa shape index (κ1) is 16.8. The molecule has 134 valence electrons. The summed E-state index contributed by atoms with van der Waals surface area (Å²) < 4.78 is 1.16. The number of nitrogens with one attached hydrogen (secondary N) is 1. The predicted octanol–water partition coefficient (Wildman–Crippen LogP) is 5.67. The number of carbonyl (C=O) groups excluding carboxylic acids is 1. The Balaban J connectivity index is 1.33. The highest BCUT2D eigenvalue weighted by atomic mass is 32.2. The molecule has 0 fully saturated rings. The number of amides is 1. The minimum atomic E-state index is 0.0230. The zero-order valence-electron chi connectivity index (χ0n) is 14.7. The molecule has 0 radical (unpaired) electrons. The molecule has 4 aromatic rings. The van der Waals surface area contributed by atoms with Crippen LogP contribution >= 0.6 is 23.1 Å². The number of aromatic nitrogens is 1. The van der Waals surface area contributed by atoms with Crippen molar-refractivity contribution in [2.24, 2.45) is 0 Å². The lowest BCUT2D eigenvalue weighted by molar-refractivity contribution is -0.115. The first-order valence-corrected chi connectivity index (χ1v) is 10.9. The van der Waals surface area contributed by atoms with Gasteiger partial charge >= 0.3 is 0 Å². The highest BCUT2D eigenvalue weighted by Gasteiger charge is 2.18. The van der Waals surface area contributed by atoms with Crippen LogP contribution in [0.3, 0.4) is 0 Å². The number of thioether (sulfide) groups is 1. The van der Waals surface area contributed by atoms with Crippen LogP contribution in [0.25, 0.3) is 21.0 Å². The molecule has 1 N–H and O–H groups in total. The molecule has 3 aromatic carbocycles. The number of carbonyl (C=O) groups is 1. The van der Waals surface area contributed by atoms with E-state index in [9.17, 15) is 4.79 Å². The van der Waals surface area contributed by atoms with Crippen LogP contribution in [0.2, 0.25) is 0 Å². The van der Waals surface area contributed by atoms with Crippen molar-refractivity contribution >= 4 is 55.1 Å². The number of hydrogen-bond donors (Lipinski definition) is 1. The molecule has 27 heavy (non-hydrogen) atoms. The maximum absolute atomic E-state index is 12.3. The van der Waals surface area contributed by atoms with E-state index in [0.717, 1.165) is 28.8 Å². The smallest absolute Gasteiger partial charge is 0.226 e. The highest BCUT2D eigenvalue weighted by molar-refractivity contribution is 7.99. The summed E-state index contributed by atoms with van der Waals surface area (Å²) in [7, 11) is 0. The maximum atomic E-state index is 12.3. The third-order valence-corrected chi connectivity index (χ3v) is 6.87. The molecule has 0 saturated heterocycles. The van der Waals surface area contributed by atoms with E-state index < -0.39 is 0 Å². The van der Waals surface area contributed by atoms with Gasteiger partial charge in [-0.2, -0.15) is 0 Å². The van der Waals surface area contributed by atoms with Gasteiger partial charge in [0.1, 0.15) is 0 Å². The number of rotatable bonds is 5. The van der Waals surface area contributed by atoms with Gasteiger partial charge in [-0.3, -0.25) is 4.79 Å². The largest absolute Gasteiger partial charge is 0.302 e. The van der Waals surface area contributed by atoms with Gasteiger partial charge in [-0.1, -0.05) is 47.7 Å². The maximum Gasteiger partial charge on any atom is 0.226 e. The Morgan fingerprint density at radius 1 is 1.07 bits per heavy atom. The number of thiazole rings is 1. The van der Waals surface area contributed by atoms with Gasteiger partial charge in [0.15, 0.2) is 5.13 Å². The van der Waals surface area contributed by atoms with Crippen LogP contribution in [-0.4, -0.2) is 16.6 Å². The van der Waals surface area contributed by atoms with Gasteiger partial charge in [0.25, 0.3) is 0 Å². The molecule has 0 spiro atoms. The SMILES string of the molecule is O=C(CCSc1ccccc1)Nc1nc2c(cc3c4c(cccc42)CC3)s1. The van der Waals surface area contributed by atoms with Crippen LogP contribution in [0.15, 0.2) is 59.5 Å². The van der Waals surface area contributed by atoms with E-state index in [0.29, 0.717) is 11.6 Å². The van der Waals surface area contributed by atoms with Gasteiger partial charge in [-0.05, 0) is 47.6 Å². The molecule has 1 amide bonds. The average molecular weight is 391 g/mol. The van der Waals surface area contributed by atoms with Gasteiger partial charge in [0.05, 0.1) is 10.2 Å². The first-order chi connectivity index (χ1) is 13.3. The molecular formula is C22H18N2OS2. The number of anilines is 1. The molecular weight excluding hydrogens is 372 g/mol. The summed E-state index contributed by atoms with van der Waals surface area (Å²) >= 11 is 3.27. The van der Waals surface area contributed by atoms with Gasteiger partial charge in [0, 0.05) is 22.5 Å². The number of hydrogen-bond acceptors (Lipinski definition) is 4. The Hall–Kier alpha value is -2.37. The molecule has 1 aromatic heterocycles. The monoisotopic (exact) mass is 390 g/mol. The Morgan fingerprint density at radius 3 is 2.81 bits per heavy atom. The molecule has 0 aliphatic heterocycles. The van der Waals surface area contributed by atoms with Crippen LogP contribution in [0.4, 0.5) is 5.13 Å². The van der Waals surface area contributed by atoms with Crippen molar-refractivity contribution in [3.8, 4) is 0 Å². The summed E-state index contributed by atoms with van der Waals surface area (Å²) in [6, 6.07) is 18.9. The molecule has 3 nitrogen and oxygen atoms in total. The fourth-order valence-corrected chi connectivity index (χ4v) is 5.55. The molecule has 0 saturated carbocycles. The van der Waals surface area contributed by atoms with E-state index in [1.54, 1.807) is 23.1 Å². The van der Waals surface area contributed by atoms with Gasteiger partial charge in [-0.15, -0.1) is 11.8 Å². The van der Waals surface area contributed by atoms with Gasteiger partial charge in [-0.25, -0.2) is 4.98 Å². The minimum Gasteiger partial charge on any atom is -0.302 e. The fourth-order valence-electron chi connectivity index (χ4n) is 3.72. The van der Waals surface area contributed by atoms with Crippen LogP contribution in [0, 0.1) is 0 Å². The number of aryl methyl sites for hydroxylation is 2. The topological polar surface area (TPSA) is 42.0 Å². The lowest BCUT2D eigenvalue weighted by Crippen LogP contribution is -2.11. The Kier molecular flexibility index (Phi) is 4.34. The Morgan fingerprint density at radius 2 is 1.93 bits per heavy atom. The van der Waals surface area contributed by atoms with Gasteiger partial charge in [0.2, 0.25) is 5.91 Å². The van der Waals surface area contributed by atoms with Crippen LogP contribution in [0.1, 0.15) is 17.5 Å². The van der Waals surface area contributed by atoms with E-state index in [1.807, 2.05) is 18.2 Å². The standard InChI is InChI=1S/C22H18N2OS2/c25-19(11-12-26-16-6-2-1-3-7-16)23-22-24-21-17-8-4-5-14-9-10-15(20(14)17)13-18(21)27-22/h1-8,13H,9-12H2,(H,23,24,25). The normalized spacial score (nSPS) is 12.7. The van der Waals surface area contributed by atoms with Crippen LogP contribution in [-0.2, 0) is 17.6 Å². The summed E-state index contributed by atoms with van der Waals surface area (Å²) in [5.74, 6) is 0.784. The molecule has 0 bridgehead atoms. The Bertz CT molecular complexity index is 1150. The van der Waals surface area contributed by atoms with E-state index in [4.69, 9.17) is 4.98 Å². The van der Waals surface area contributed by atoms with Crippen molar-refractivity contribution in [2.45, 2.75) is 24.2 Å². The van der Waals surface area contributed by atoms with E-state index in [1.165, 1.54) is 26.8 Å². The average Bonchev–Trinajstić information content (AvgIpc) is 3.28. The number of benzene rings is 3. The summed E-state index contributed by atoms with van der Waals surface area (Å²) in [4.78, 5) is 18.2. The van der Waals surface area contributed by atoms with Crippen molar-refractivity contribution < 1.29 is 4.79 Å². The first-order valence-electron chi connectivity index (χ1n) is 9.10. The fraction of sp³-hybridized carbons (Fsp3) is 0.182. The second-order valence-corrected chi connectivity index (χ2v) is 8.90. The van der Waals surface area contributed by atoms with Crippen molar-refractivity contribution in [3.63, 3.8) is 0 Å². The van der Waals surface area contributed by atoms with Crippen molar-refractivity contribution in [1.82, 2.24) is 4.98 Å². The molecule has 5 rings (SSSR count). The molecule has 5 heteroatoms. The zero-order valence-corrected chi connectivity index (χ0v) is 16.3. The lowest BCUT2D eigenvalue weighted by Gasteiger charge is -2.02. The highest BCUT2D eigenvalue weighted by Crippen LogP contribution is 2.39. The predicted molar refractivity (Wildman–Crippen MR) is 115 cm³/mol. The molecule has 1 aliphatic carbocycles. The van der Waals surface area contributed by atoms with E-state index >= 15 is 0 Å². The van der Waals surface area contributed by atoms with Crippen LogP contribution < -0.4 is 5.32 Å². The molecule has 1 aliphatic rings. The van der Waals surface area contributed by atoms with Gasteiger partial charge < -0.3 is 5.32 Å².